The summed E-state index contributed by atoms with van der Waals surface area (Å²) >= 11 is 0. The molecular weight excluding hydrogens is 362 g/mol. The van der Waals surface area contributed by atoms with Crippen molar-refractivity contribution in [2.45, 2.75) is 46.1 Å². The number of likely N-dealkylation sites (tertiary alicyclic amines) is 2. The van der Waals surface area contributed by atoms with E-state index in [0.717, 1.165) is 44.9 Å². The third-order valence-electron chi connectivity index (χ3n) is 5.44. The molecule has 2 rings (SSSR count). The number of amides is 1. The van der Waals surface area contributed by atoms with Crippen molar-refractivity contribution in [3.8, 4) is 0 Å². The molecule has 2 saturated heterocycles. The first-order chi connectivity index (χ1) is 11.2. The molecule has 8 heteroatoms. The number of piperidine rings is 1. The largest absolute Gasteiger partial charge is 0.343 e. The summed E-state index contributed by atoms with van der Waals surface area (Å²) in [7, 11) is -3.20. The summed E-state index contributed by atoms with van der Waals surface area (Å²) in [6.07, 6.45) is 3.95. The fraction of sp³-hybridized carbons (Fsp3) is 0.941. The first kappa shape index (κ1) is 22.7. The number of carbonyl (C=O) groups is 1. The Labute approximate surface area is 159 Å². The summed E-state index contributed by atoms with van der Waals surface area (Å²) in [4.78, 5) is 16.6. The molecule has 1 amide bonds. The van der Waals surface area contributed by atoms with E-state index in [-0.39, 0.29) is 24.4 Å². The van der Waals surface area contributed by atoms with Crippen LogP contribution in [0.4, 0.5) is 0 Å². The predicted molar refractivity (Wildman–Crippen MR) is 103 cm³/mol. The van der Waals surface area contributed by atoms with Crippen molar-refractivity contribution in [1.82, 2.24) is 14.5 Å². The van der Waals surface area contributed by atoms with Gasteiger partial charge in [0, 0.05) is 45.2 Å². The van der Waals surface area contributed by atoms with E-state index < -0.39 is 10.0 Å². The molecular formula is C17H34ClN3O3S. The molecule has 6 nitrogen and oxygen atoms in total. The van der Waals surface area contributed by atoms with Crippen LogP contribution in [-0.4, -0.2) is 69.1 Å². The number of rotatable bonds is 6. The summed E-state index contributed by atoms with van der Waals surface area (Å²) < 4.78 is 25.9. The topological polar surface area (TPSA) is 69.7 Å². The Hall–Kier alpha value is -0.370. The zero-order chi connectivity index (χ0) is 17.9. The lowest BCUT2D eigenvalue weighted by Gasteiger charge is -2.30. The minimum Gasteiger partial charge on any atom is -0.343 e. The van der Waals surface area contributed by atoms with Crippen LogP contribution in [-0.2, 0) is 14.8 Å². The lowest BCUT2D eigenvalue weighted by Crippen LogP contribution is -2.41. The number of nitrogens with zero attached hydrogens (tertiary/aromatic N) is 2. The van der Waals surface area contributed by atoms with Crippen LogP contribution < -0.4 is 4.72 Å². The van der Waals surface area contributed by atoms with Gasteiger partial charge in [-0.25, -0.2) is 13.1 Å². The summed E-state index contributed by atoms with van der Waals surface area (Å²) in [5.74, 6) is 1.67. The molecule has 0 aromatic carbocycles. The summed E-state index contributed by atoms with van der Waals surface area (Å²) in [5.41, 5.74) is 0. The van der Waals surface area contributed by atoms with Gasteiger partial charge in [0.2, 0.25) is 15.9 Å². The number of hydrogen-bond acceptors (Lipinski definition) is 4. The molecule has 148 valence electrons. The normalized spacial score (nSPS) is 26.0. The maximum atomic E-state index is 12.4. The van der Waals surface area contributed by atoms with E-state index in [1.807, 2.05) is 4.90 Å². The molecule has 0 saturated carbocycles. The molecule has 25 heavy (non-hydrogen) atoms. The first-order valence-corrected chi connectivity index (χ1v) is 11.0. The van der Waals surface area contributed by atoms with Crippen molar-refractivity contribution in [3.05, 3.63) is 0 Å². The van der Waals surface area contributed by atoms with Gasteiger partial charge < -0.3 is 9.80 Å². The van der Waals surface area contributed by atoms with Crippen LogP contribution in [0.1, 0.15) is 40.0 Å². The maximum absolute atomic E-state index is 12.4. The Kier molecular flexibility index (Phi) is 8.64. The number of nitrogens with one attached hydrogen (secondary N) is 1. The summed E-state index contributed by atoms with van der Waals surface area (Å²) in [6.45, 7) is 10.5. The van der Waals surface area contributed by atoms with E-state index in [2.05, 4.69) is 30.4 Å². The molecule has 2 aliphatic rings. The van der Waals surface area contributed by atoms with Crippen LogP contribution in [0.25, 0.3) is 0 Å². The van der Waals surface area contributed by atoms with Gasteiger partial charge in [0.1, 0.15) is 0 Å². The molecule has 0 spiro atoms. The van der Waals surface area contributed by atoms with Crippen molar-refractivity contribution >= 4 is 28.3 Å². The Balaban J connectivity index is 0.00000312. The zero-order valence-corrected chi connectivity index (χ0v) is 17.5. The van der Waals surface area contributed by atoms with E-state index in [1.54, 1.807) is 0 Å². The van der Waals surface area contributed by atoms with Gasteiger partial charge in [0.05, 0.1) is 6.26 Å². The number of sulfonamides is 1. The third-order valence-corrected chi connectivity index (χ3v) is 6.17. The quantitative estimate of drug-likeness (QED) is 0.741. The Morgan fingerprint density at radius 1 is 1.20 bits per heavy atom. The molecule has 0 aromatic heterocycles. The van der Waals surface area contributed by atoms with E-state index in [4.69, 9.17) is 0 Å². The van der Waals surface area contributed by atoms with Crippen LogP contribution in [0, 0.1) is 17.8 Å². The maximum Gasteiger partial charge on any atom is 0.223 e. The molecule has 2 atom stereocenters. The van der Waals surface area contributed by atoms with Crippen LogP contribution in [0.5, 0.6) is 0 Å². The van der Waals surface area contributed by atoms with Gasteiger partial charge in [-0.05, 0) is 30.6 Å². The van der Waals surface area contributed by atoms with Crippen LogP contribution in [0.2, 0.25) is 0 Å². The molecule has 0 bridgehead atoms. The highest BCUT2D eigenvalue weighted by Crippen LogP contribution is 2.25. The van der Waals surface area contributed by atoms with Gasteiger partial charge in [-0.2, -0.15) is 0 Å². The van der Waals surface area contributed by atoms with Crippen molar-refractivity contribution < 1.29 is 13.2 Å². The molecule has 0 aliphatic carbocycles. The number of carbonyl (C=O) groups excluding carboxylic acids is 1. The Morgan fingerprint density at radius 2 is 1.80 bits per heavy atom. The van der Waals surface area contributed by atoms with E-state index in [1.165, 1.54) is 6.26 Å². The molecule has 0 radical (unpaired) electrons. The Bertz CT molecular complexity index is 533. The molecule has 1 N–H and O–H groups in total. The standard InChI is InChI=1S/C17H33N3O3S.ClH/c1-13(2)15-11-19(12-16(15)18-24(4,22)23)8-7-17(21)20-9-5-14(3)6-10-20;/h13-16,18H,5-12H2,1-4H3;1H/t15-,16+;/m1./s1. The highest BCUT2D eigenvalue weighted by molar-refractivity contribution is 7.88. The minimum atomic E-state index is -3.20. The second kappa shape index (κ2) is 9.53. The van der Waals surface area contributed by atoms with E-state index in [0.29, 0.717) is 24.8 Å². The molecule has 0 unspecified atom stereocenters. The van der Waals surface area contributed by atoms with E-state index in [9.17, 15) is 13.2 Å². The smallest absolute Gasteiger partial charge is 0.223 e. The van der Waals surface area contributed by atoms with Gasteiger partial charge in [-0.15, -0.1) is 12.4 Å². The lowest BCUT2D eigenvalue weighted by molar-refractivity contribution is -0.132. The van der Waals surface area contributed by atoms with Gasteiger partial charge >= 0.3 is 0 Å². The van der Waals surface area contributed by atoms with Crippen molar-refractivity contribution in [2.75, 3.05) is 39.0 Å². The van der Waals surface area contributed by atoms with E-state index >= 15 is 0 Å². The van der Waals surface area contributed by atoms with Gasteiger partial charge in [0.15, 0.2) is 0 Å². The average molecular weight is 396 g/mol. The minimum absolute atomic E-state index is 0. The van der Waals surface area contributed by atoms with Crippen molar-refractivity contribution in [2.24, 2.45) is 17.8 Å². The molecule has 2 fully saturated rings. The van der Waals surface area contributed by atoms with Crippen molar-refractivity contribution in [1.29, 1.82) is 0 Å². The molecule has 2 heterocycles. The Morgan fingerprint density at radius 3 is 2.32 bits per heavy atom. The second-order valence-corrected chi connectivity index (χ2v) is 9.76. The van der Waals surface area contributed by atoms with Crippen molar-refractivity contribution in [3.63, 3.8) is 0 Å². The summed E-state index contributed by atoms with van der Waals surface area (Å²) in [5, 5.41) is 0. The van der Waals surface area contributed by atoms with Gasteiger partial charge in [-0.1, -0.05) is 20.8 Å². The molecule has 0 aromatic rings. The fourth-order valence-electron chi connectivity index (χ4n) is 3.84. The SMILES string of the molecule is CC1CCN(C(=O)CCN2C[C@H](NS(C)(=O)=O)[C@@H](C(C)C)C2)CC1.Cl. The third kappa shape index (κ3) is 7.04. The van der Waals surface area contributed by atoms with Gasteiger partial charge in [0.25, 0.3) is 0 Å². The van der Waals surface area contributed by atoms with Crippen LogP contribution in [0.15, 0.2) is 0 Å². The second-order valence-electron chi connectivity index (χ2n) is 7.98. The predicted octanol–water partition coefficient (Wildman–Crippen LogP) is 1.56. The van der Waals surface area contributed by atoms with Crippen LogP contribution >= 0.6 is 12.4 Å². The number of hydrogen-bond donors (Lipinski definition) is 1. The number of halogens is 1. The van der Waals surface area contributed by atoms with Crippen LogP contribution in [0.3, 0.4) is 0 Å². The summed E-state index contributed by atoms with van der Waals surface area (Å²) in [6, 6.07) is -0.0501. The lowest BCUT2D eigenvalue weighted by atomic mass is 9.92. The highest BCUT2D eigenvalue weighted by atomic mass is 35.5. The van der Waals surface area contributed by atoms with Gasteiger partial charge in [-0.3, -0.25) is 4.79 Å². The highest BCUT2D eigenvalue weighted by Gasteiger charge is 2.36. The monoisotopic (exact) mass is 395 g/mol. The first-order valence-electron chi connectivity index (χ1n) is 9.13. The average Bonchev–Trinajstić information content (AvgIpc) is 2.86. The fourth-order valence-corrected chi connectivity index (χ4v) is 4.64. The zero-order valence-electron chi connectivity index (χ0n) is 15.9. The molecule has 2 aliphatic heterocycles.